The van der Waals surface area contributed by atoms with Crippen LogP contribution in [0.25, 0.3) is 0 Å². The molecule has 1 heterocycles. The summed E-state index contributed by atoms with van der Waals surface area (Å²) in [5, 5.41) is 2.51. The Bertz CT molecular complexity index is 785. The number of nitrogens with one attached hydrogen (secondary N) is 1. The number of hydrogen-bond donors (Lipinski definition) is 1. The highest BCUT2D eigenvalue weighted by molar-refractivity contribution is 6.32. The molecule has 0 saturated carbocycles. The number of nitrogens with zero attached hydrogens (tertiary/aromatic N) is 1. The number of carbonyl (C=O) groups excluding carboxylic acids is 2. The lowest BCUT2D eigenvalue weighted by Gasteiger charge is -2.33. The molecule has 2 rings (SSSR count). The summed E-state index contributed by atoms with van der Waals surface area (Å²) in [5.41, 5.74) is 0.937. The molecular formula is C17H19ClF2N2O5. The van der Waals surface area contributed by atoms with Gasteiger partial charge >= 0.3 is 18.6 Å². The number of methoxy groups -OCH3 is 1. The van der Waals surface area contributed by atoms with E-state index in [1.807, 2.05) is 0 Å². The van der Waals surface area contributed by atoms with Gasteiger partial charge in [-0.2, -0.15) is 8.78 Å². The first kappa shape index (κ1) is 20.8. The highest BCUT2D eigenvalue weighted by Gasteiger charge is 2.36. The highest BCUT2D eigenvalue weighted by atomic mass is 35.5. The van der Waals surface area contributed by atoms with Crippen molar-refractivity contribution in [2.24, 2.45) is 0 Å². The number of rotatable bonds is 6. The fourth-order valence-electron chi connectivity index (χ4n) is 2.67. The second-order valence-electron chi connectivity index (χ2n) is 5.57. The van der Waals surface area contributed by atoms with Crippen LogP contribution in [0.4, 0.5) is 13.6 Å². The van der Waals surface area contributed by atoms with Gasteiger partial charge in [0, 0.05) is 12.7 Å². The number of urea groups is 1. The first-order valence-corrected chi connectivity index (χ1v) is 8.33. The topological polar surface area (TPSA) is 77.1 Å². The molecule has 27 heavy (non-hydrogen) atoms. The lowest BCUT2D eigenvalue weighted by atomic mass is 9.94. The quantitative estimate of drug-likeness (QED) is 0.734. The van der Waals surface area contributed by atoms with E-state index in [0.29, 0.717) is 11.3 Å². The van der Waals surface area contributed by atoms with Crippen LogP contribution in [-0.4, -0.2) is 44.3 Å². The van der Waals surface area contributed by atoms with E-state index >= 15 is 0 Å². The predicted molar refractivity (Wildman–Crippen MR) is 93.0 cm³/mol. The molecule has 7 nitrogen and oxygen atoms in total. The molecule has 0 aliphatic carbocycles. The second kappa shape index (κ2) is 8.43. The fraction of sp³-hybridized carbons (Fsp3) is 0.412. The SMILES string of the molecule is CCOC(=O)C1=C(C)N(C)C(=O)N[C@@H]1c1cc(Cl)c(OC(F)F)c(OC)c1. The van der Waals surface area contributed by atoms with Crippen molar-refractivity contribution < 1.29 is 32.6 Å². The van der Waals surface area contributed by atoms with Crippen LogP contribution in [0.2, 0.25) is 5.02 Å². The van der Waals surface area contributed by atoms with Crippen LogP contribution in [0.5, 0.6) is 11.5 Å². The van der Waals surface area contributed by atoms with E-state index in [4.69, 9.17) is 21.1 Å². The molecular weight excluding hydrogens is 386 g/mol. The third-order valence-corrected chi connectivity index (χ3v) is 4.32. The number of allylic oxidation sites excluding steroid dienone is 1. The Hall–Kier alpha value is -2.55. The van der Waals surface area contributed by atoms with E-state index in [1.165, 1.54) is 31.2 Å². The summed E-state index contributed by atoms with van der Waals surface area (Å²) in [6, 6.07) is 1.34. The average Bonchev–Trinajstić information content (AvgIpc) is 2.60. The maximum atomic E-state index is 12.6. The van der Waals surface area contributed by atoms with E-state index in [1.54, 1.807) is 13.8 Å². The van der Waals surface area contributed by atoms with Crippen molar-refractivity contribution in [3.05, 3.63) is 34.0 Å². The van der Waals surface area contributed by atoms with E-state index in [9.17, 15) is 18.4 Å². The number of carbonyl (C=O) groups is 2. The number of amides is 2. The van der Waals surface area contributed by atoms with Crippen LogP contribution in [0.15, 0.2) is 23.4 Å². The van der Waals surface area contributed by atoms with Gasteiger partial charge in [-0.15, -0.1) is 0 Å². The Morgan fingerprint density at radius 3 is 2.63 bits per heavy atom. The third kappa shape index (κ3) is 4.24. The van der Waals surface area contributed by atoms with Crippen LogP contribution in [0.1, 0.15) is 25.5 Å². The van der Waals surface area contributed by atoms with Gasteiger partial charge in [-0.3, -0.25) is 0 Å². The maximum Gasteiger partial charge on any atom is 0.387 e. The largest absolute Gasteiger partial charge is 0.493 e. The monoisotopic (exact) mass is 404 g/mol. The van der Waals surface area contributed by atoms with Crippen LogP contribution in [0, 0.1) is 0 Å². The standard InChI is InChI=1S/C17H19ClF2N2O5/c1-5-26-15(23)12-8(2)22(3)17(24)21-13(12)9-6-10(18)14(27-16(19)20)11(7-9)25-4/h6-7,13,16H,5H2,1-4H3,(H,21,24)/t13-/m1/s1. The molecule has 0 aromatic heterocycles. The molecule has 1 aliphatic rings. The molecule has 2 amide bonds. The molecule has 1 aromatic rings. The Morgan fingerprint density at radius 1 is 1.41 bits per heavy atom. The van der Waals surface area contributed by atoms with Crippen molar-refractivity contribution in [2.45, 2.75) is 26.5 Å². The fourth-order valence-corrected chi connectivity index (χ4v) is 2.93. The van der Waals surface area contributed by atoms with Gasteiger partial charge in [0.15, 0.2) is 11.5 Å². The molecule has 0 saturated heterocycles. The Kier molecular flexibility index (Phi) is 6.48. The van der Waals surface area contributed by atoms with Gasteiger partial charge in [0.25, 0.3) is 0 Å². The molecule has 1 atom stereocenters. The molecule has 1 aliphatic heterocycles. The van der Waals surface area contributed by atoms with Crippen molar-refractivity contribution in [3.63, 3.8) is 0 Å². The second-order valence-corrected chi connectivity index (χ2v) is 5.98. The van der Waals surface area contributed by atoms with Crippen LogP contribution < -0.4 is 14.8 Å². The number of ether oxygens (including phenoxy) is 3. The molecule has 1 N–H and O–H groups in total. The minimum absolute atomic E-state index is 0.0631. The lowest BCUT2D eigenvalue weighted by Crippen LogP contribution is -2.46. The van der Waals surface area contributed by atoms with Gasteiger partial charge in [-0.1, -0.05) is 11.6 Å². The summed E-state index contributed by atoms with van der Waals surface area (Å²) >= 11 is 6.07. The van der Waals surface area contributed by atoms with Gasteiger partial charge in [0.1, 0.15) is 0 Å². The number of alkyl halides is 2. The van der Waals surface area contributed by atoms with Crippen molar-refractivity contribution in [1.82, 2.24) is 10.2 Å². The smallest absolute Gasteiger partial charge is 0.387 e. The number of hydrogen-bond acceptors (Lipinski definition) is 5. The van der Waals surface area contributed by atoms with Gasteiger partial charge in [0.05, 0.1) is 30.4 Å². The van der Waals surface area contributed by atoms with E-state index in [0.717, 1.165) is 0 Å². The van der Waals surface area contributed by atoms with Gasteiger partial charge in [-0.25, -0.2) is 9.59 Å². The minimum atomic E-state index is -3.09. The van der Waals surface area contributed by atoms with Crippen molar-refractivity contribution in [1.29, 1.82) is 0 Å². The summed E-state index contributed by atoms with van der Waals surface area (Å²) in [6.07, 6.45) is 0. The zero-order chi connectivity index (χ0) is 20.3. The third-order valence-electron chi connectivity index (χ3n) is 4.04. The molecule has 10 heteroatoms. The highest BCUT2D eigenvalue weighted by Crippen LogP contribution is 2.41. The summed E-state index contributed by atoms with van der Waals surface area (Å²) in [7, 11) is 2.77. The summed E-state index contributed by atoms with van der Waals surface area (Å²) in [6.45, 7) is 0.309. The van der Waals surface area contributed by atoms with E-state index < -0.39 is 24.7 Å². The van der Waals surface area contributed by atoms with Gasteiger partial charge in [0.2, 0.25) is 0 Å². The minimum Gasteiger partial charge on any atom is -0.493 e. The molecule has 0 radical (unpaired) electrons. The molecule has 0 unspecified atom stereocenters. The zero-order valence-corrected chi connectivity index (χ0v) is 15.9. The van der Waals surface area contributed by atoms with Crippen LogP contribution in [-0.2, 0) is 9.53 Å². The van der Waals surface area contributed by atoms with Crippen LogP contribution >= 0.6 is 11.6 Å². The normalized spacial score (nSPS) is 17.1. The average molecular weight is 405 g/mol. The van der Waals surface area contributed by atoms with Crippen molar-refractivity contribution in [2.75, 3.05) is 20.8 Å². The lowest BCUT2D eigenvalue weighted by molar-refractivity contribution is -0.139. The number of benzene rings is 1. The predicted octanol–water partition coefficient (Wildman–Crippen LogP) is 3.48. The molecule has 1 aromatic carbocycles. The zero-order valence-electron chi connectivity index (χ0n) is 15.1. The first-order chi connectivity index (χ1) is 12.7. The Balaban J connectivity index is 2.58. The molecule has 0 spiro atoms. The molecule has 0 fully saturated rings. The summed E-state index contributed by atoms with van der Waals surface area (Å²) < 4.78 is 39.8. The van der Waals surface area contributed by atoms with Crippen molar-refractivity contribution in [3.8, 4) is 11.5 Å². The first-order valence-electron chi connectivity index (χ1n) is 7.95. The van der Waals surface area contributed by atoms with Crippen LogP contribution in [0.3, 0.4) is 0 Å². The number of esters is 1. The Morgan fingerprint density at radius 2 is 2.07 bits per heavy atom. The number of halogens is 3. The van der Waals surface area contributed by atoms with Gasteiger partial charge < -0.3 is 24.4 Å². The summed E-state index contributed by atoms with van der Waals surface area (Å²) in [5.74, 6) is -1.02. The maximum absolute atomic E-state index is 12.6. The van der Waals surface area contributed by atoms with Gasteiger partial charge in [-0.05, 0) is 31.5 Å². The molecule has 148 valence electrons. The molecule has 0 bridgehead atoms. The summed E-state index contributed by atoms with van der Waals surface area (Å²) in [4.78, 5) is 25.9. The van der Waals surface area contributed by atoms with E-state index in [-0.39, 0.29) is 28.7 Å². The van der Waals surface area contributed by atoms with E-state index in [2.05, 4.69) is 10.1 Å². The Labute approximate surface area is 159 Å². The van der Waals surface area contributed by atoms with Crippen molar-refractivity contribution >= 4 is 23.6 Å².